The molecular formula is C30H30ClN5O3S. The summed E-state index contributed by atoms with van der Waals surface area (Å²) in [5.74, 6) is 1.08. The van der Waals surface area contributed by atoms with Crippen molar-refractivity contribution in [2.45, 2.75) is 32.9 Å². The Morgan fingerprint density at radius 3 is 2.48 bits per heavy atom. The van der Waals surface area contributed by atoms with Crippen molar-refractivity contribution in [1.29, 1.82) is 0 Å². The van der Waals surface area contributed by atoms with Crippen LogP contribution in [0, 0.1) is 13.8 Å². The quantitative estimate of drug-likeness (QED) is 0.250. The van der Waals surface area contributed by atoms with Gasteiger partial charge < -0.3 is 29.6 Å². The Labute approximate surface area is 243 Å². The number of halogens is 1. The number of nitrogens with one attached hydrogen (secondary N) is 2. The topological polar surface area (TPSA) is 80.7 Å². The van der Waals surface area contributed by atoms with Crippen LogP contribution in [0.25, 0.3) is 5.69 Å². The molecule has 2 N–H and O–H groups in total. The summed E-state index contributed by atoms with van der Waals surface area (Å²) >= 11 is 12.3. The van der Waals surface area contributed by atoms with Crippen LogP contribution in [0.1, 0.15) is 41.7 Å². The van der Waals surface area contributed by atoms with E-state index in [1.807, 2.05) is 54.6 Å². The summed E-state index contributed by atoms with van der Waals surface area (Å²) in [6, 6.07) is 18.7. The third-order valence-corrected chi connectivity index (χ3v) is 7.59. The second-order valence-electron chi connectivity index (χ2n) is 9.54. The zero-order valence-corrected chi connectivity index (χ0v) is 24.4. The fraction of sp³-hybridized carbons (Fsp3) is 0.233. The Morgan fingerprint density at radius 1 is 1.05 bits per heavy atom. The van der Waals surface area contributed by atoms with E-state index < -0.39 is 0 Å². The van der Waals surface area contributed by atoms with Crippen molar-refractivity contribution in [3.8, 4) is 17.2 Å². The van der Waals surface area contributed by atoms with Gasteiger partial charge in [-0.05, 0) is 86.2 Å². The van der Waals surface area contributed by atoms with Crippen LogP contribution in [0.3, 0.4) is 0 Å². The Morgan fingerprint density at radius 2 is 1.80 bits per heavy atom. The number of ether oxygens (including phenoxy) is 2. The zero-order valence-electron chi connectivity index (χ0n) is 22.9. The smallest absolute Gasteiger partial charge is 0.221 e. The van der Waals surface area contributed by atoms with Crippen LogP contribution in [0.4, 0.5) is 11.4 Å². The summed E-state index contributed by atoms with van der Waals surface area (Å²) in [5.41, 5.74) is 6.15. The van der Waals surface area contributed by atoms with Crippen molar-refractivity contribution < 1.29 is 14.3 Å². The molecule has 40 heavy (non-hydrogen) atoms. The van der Waals surface area contributed by atoms with E-state index in [9.17, 15) is 4.79 Å². The highest BCUT2D eigenvalue weighted by Gasteiger charge is 2.42. The molecule has 0 bridgehead atoms. The summed E-state index contributed by atoms with van der Waals surface area (Å²) in [4.78, 5) is 18.7. The number of aryl methyl sites for hydroxylation is 1. The first kappa shape index (κ1) is 27.5. The molecule has 1 aliphatic heterocycles. The van der Waals surface area contributed by atoms with Crippen LogP contribution in [0.15, 0.2) is 66.9 Å². The van der Waals surface area contributed by atoms with Gasteiger partial charge in [0.25, 0.3) is 0 Å². The minimum Gasteiger partial charge on any atom is -0.495 e. The minimum absolute atomic E-state index is 0.195. The van der Waals surface area contributed by atoms with Gasteiger partial charge in [0.2, 0.25) is 5.91 Å². The number of pyridine rings is 1. The van der Waals surface area contributed by atoms with Gasteiger partial charge >= 0.3 is 0 Å². The number of carbonyl (C=O) groups is 1. The van der Waals surface area contributed by atoms with E-state index in [0.29, 0.717) is 27.3 Å². The molecule has 1 fully saturated rings. The Hall–Kier alpha value is -4.08. The minimum atomic E-state index is -0.258. The number of methoxy groups -OCH3 is 2. The van der Waals surface area contributed by atoms with E-state index in [2.05, 4.69) is 45.0 Å². The fourth-order valence-corrected chi connectivity index (χ4v) is 5.89. The Bertz CT molecular complexity index is 1590. The van der Waals surface area contributed by atoms with Crippen LogP contribution < -0.4 is 25.0 Å². The molecule has 206 valence electrons. The Balaban J connectivity index is 1.70. The van der Waals surface area contributed by atoms with E-state index in [4.69, 9.17) is 33.3 Å². The van der Waals surface area contributed by atoms with Crippen LogP contribution in [0.5, 0.6) is 11.5 Å². The zero-order chi connectivity index (χ0) is 28.6. The number of hydrogen-bond acceptors (Lipinski definition) is 5. The molecule has 0 radical (unpaired) electrons. The second-order valence-corrected chi connectivity index (χ2v) is 10.4. The lowest BCUT2D eigenvalue weighted by atomic mass is 9.96. The molecule has 1 amide bonds. The first-order valence-electron chi connectivity index (χ1n) is 12.7. The molecule has 5 rings (SSSR count). The van der Waals surface area contributed by atoms with Gasteiger partial charge in [-0.15, -0.1) is 0 Å². The molecule has 8 nitrogen and oxygen atoms in total. The second kappa shape index (κ2) is 11.2. The van der Waals surface area contributed by atoms with Gasteiger partial charge in [-0.2, -0.15) is 0 Å². The van der Waals surface area contributed by atoms with Gasteiger partial charge in [0.05, 0.1) is 43.4 Å². The van der Waals surface area contributed by atoms with Gasteiger partial charge in [0, 0.05) is 35.2 Å². The first-order chi connectivity index (χ1) is 19.2. The number of thiocarbonyl (C=S) groups is 1. The molecule has 1 saturated heterocycles. The summed E-state index contributed by atoms with van der Waals surface area (Å²) < 4.78 is 13.3. The molecule has 2 aromatic heterocycles. The molecule has 2 aromatic carbocycles. The third-order valence-electron chi connectivity index (χ3n) is 7.04. The SMILES string of the molecule is COc1ccc(N2C(=S)N[C@@H](c3ccccn3)[C@H]2c2cc(C)n(-c3cc(Cl)ccc3OC)c2C)cc1NC(C)=O. The van der Waals surface area contributed by atoms with Gasteiger partial charge in [-0.1, -0.05) is 17.7 Å². The first-order valence-corrected chi connectivity index (χ1v) is 13.5. The highest BCUT2D eigenvalue weighted by molar-refractivity contribution is 7.80. The number of benzene rings is 2. The number of nitrogens with zero attached hydrogens (tertiary/aromatic N) is 3. The molecule has 10 heteroatoms. The molecule has 0 aliphatic carbocycles. The molecule has 0 saturated carbocycles. The predicted molar refractivity (Wildman–Crippen MR) is 162 cm³/mol. The highest BCUT2D eigenvalue weighted by atomic mass is 35.5. The molecule has 4 aromatic rings. The van der Waals surface area contributed by atoms with Gasteiger partial charge in [-0.25, -0.2) is 0 Å². The predicted octanol–water partition coefficient (Wildman–Crippen LogP) is 6.30. The number of hydrogen-bond donors (Lipinski definition) is 2. The number of rotatable bonds is 7. The van der Waals surface area contributed by atoms with E-state index >= 15 is 0 Å². The molecular weight excluding hydrogens is 546 g/mol. The Kier molecular flexibility index (Phi) is 7.69. The number of aromatic nitrogens is 2. The van der Waals surface area contributed by atoms with Crippen LogP contribution in [0.2, 0.25) is 5.02 Å². The van der Waals surface area contributed by atoms with Crippen LogP contribution >= 0.6 is 23.8 Å². The van der Waals surface area contributed by atoms with Crippen molar-refractivity contribution >= 4 is 46.2 Å². The van der Waals surface area contributed by atoms with Crippen molar-refractivity contribution in [3.63, 3.8) is 0 Å². The van der Waals surface area contributed by atoms with E-state index in [1.165, 1.54) is 6.92 Å². The largest absolute Gasteiger partial charge is 0.495 e. The molecule has 3 heterocycles. The molecule has 0 unspecified atom stereocenters. The van der Waals surface area contributed by atoms with Crippen molar-refractivity contribution in [2.24, 2.45) is 0 Å². The fourth-order valence-electron chi connectivity index (χ4n) is 5.38. The number of anilines is 2. The van der Waals surface area contributed by atoms with Crippen molar-refractivity contribution in [3.05, 3.63) is 94.5 Å². The summed E-state index contributed by atoms with van der Waals surface area (Å²) in [6.07, 6.45) is 1.78. The average molecular weight is 576 g/mol. The monoisotopic (exact) mass is 575 g/mol. The lowest BCUT2D eigenvalue weighted by Crippen LogP contribution is -2.29. The van der Waals surface area contributed by atoms with E-state index in [1.54, 1.807) is 20.4 Å². The molecule has 0 spiro atoms. The maximum absolute atomic E-state index is 11.9. The average Bonchev–Trinajstić information content (AvgIpc) is 3.43. The molecule has 1 aliphatic rings. The maximum Gasteiger partial charge on any atom is 0.221 e. The summed E-state index contributed by atoms with van der Waals surface area (Å²) in [5, 5.41) is 7.53. The van der Waals surface area contributed by atoms with E-state index in [-0.39, 0.29) is 18.0 Å². The summed E-state index contributed by atoms with van der Waals surface area (Å²) in [7, 11) is 3.22. The van der Waals surface area contributed by atoms with Gasteiger partial charge in [0.1, 0.15) is 11.5 Å². The normalized spacial score (nSPS) is 16.6. The highest BCUT2D eigenvalue weighted by Crippen LogP contribution is 2.45. The van der Waals surface area contributed by atoms with Gasteiger partial charge in [-0.3, -0.25) is 9.78 Å². The molecule has 2 atom stereocenters. The lowest BCUT2D eigenvalue weighted by Gasteiger charge is -2.29. The van der Waals surface area contributed by atoms with Crippen LogP contribution in [-0.4, -0.2) is 34.8 Å². The number of carbonyl (C=O) groups excluding carboxylic acids is 1. The van der Waals surface area contributed by atoms with Crippen LogP contribution in [-0.2, 0) is 4.79 Å². The number of amides is 1. The standard InChI is InChI=1S/C30H30ClN5O3S/c1-17-14-22(18(2)35(17)25-15-20(31)9-11-27(25)39-5)29-28(23-8-6-7-13-32-23)34-30(40)36(29)21-10-12-26(38-4)24(16-21)33-19(3)37/h6-16,28-29H,1-5H3,(H,33,37)(H,34,40)/t28-,29+/m0/s1. The third kappa shape index (κ3) is 4.98. The van der Waals surface area contributed by atoms with E-state index in [0.717, 1.165) is 34.0 Å². The summed E-state index contributed by atoms with van der Waals surface area (Å²) in [6.45, 7) is 5.60. The van der Waals surface area contributed by atoms with Crippen molar-refractivity contribution in [1.82, 2.24) is 14.9 Å². The van der Waals surface area contributed by atoms with Crippen molar-refractivity contribution in [2.75, 3.05) is 24.4 Å². The van der Waals surface area contributed by atoms with Gasteiger partial charge in [0.15, 0.2) is 5.11 Å². The maximum atomic E-state index is 11.9. The lowest BCUT2D eigenvalue weighted by molar-refractivity contribution is -0.114.